The average Bonchev–Trinajstić information content (AvgIpc) is 2.47. The molecule has 1 unspecified atom stereocenters. The Morgan fingerprint density at radius 3 is 2.38 bits per heavy atom. The maximum atomic E-state index is 12.0. The summed E-state index contributed by atoms with van der Waals surface area (Å²) in [6, 6.07) is 12.3. The van der Waals surface area contributed by atoms with Gasteiger partial charge in [-0.2, -0.15) is 0 Å². The number of halogens is 1. The zero-order valence-corrected chi connectivity index (χ0v) is 11.7. The standard InChI is InChI=1S/C15H13ClN2O3/c16-12-8-10(6-7-11(12)15(20)21)18-14(19)13(17)9-4-2-1-3-5-9/h1-8,13H,17H2,(H,18,19)(H,20,21). The quantitative estimate of drug-likeness (QED) is 0.809. The number of hydrogen-bond donors (Lipinski definition) is 3. The van der Waals surface area contributed by atoms with Gasteiger partial charge in [0, 0.05) is 5.69 Å². The zero-order chi connectivity index (χ0) is 15.4. The number of aromatic carboxylic acids is 1. The average molecular weight is 305 g/mol. The van der Waals surface area contributed by atoms with Crippen molar-refractivity contribution in [2.24, 2.45) is 5.73 Å². The van der Waals surface area contributed by atoms with Crippen LogP contribution in [-0.2, 0) is 4.79 Å². The van der Waals surface area contributed by atoms with Crippen molar-refractivity contribution in [2.75, 3.05) is 5.32 Å². The number of carboxylic acid groups (broad SMARTS) is 1. The van der Waals surface area contributed by atoms with Crippen molar-refractivity contribution in [1.29, 1.82) is 0 Å². The third kappa shape index (κ3) is 3.59. The Labute approximate surface area is 126 Å². The van der Waals surface area contributed by atoms with Crippen molar-refractivity contribution >= 4 is 29.2 Å². The largest absolute Gasteiger partial charge is 0.478 e. The minimum atomic E-state index is -1.13. The highest BCUT2D eigenvalue weighted by molar-refractivity contribution is 6.33. The molecular weight excluding hydrogens is 292 g/mol. The number of rotatable bonds is 4. The molecule has 6 heteroatoms. The van der Waals surface area contributed by atoms with E-state index in [2.05, 4.69) is 5.32 Å². The van der Waals surface area contributed by atoms with Crippen LogP contribution in [-0.4, -0.2) is 17.0 Å². The molecule has 21 heavy (non-hydrogen) atoms. The summed E-state index contributed by atoms with van der Waals surface area (Å²) >= 11 is 5.84. The van der Waals surface area contributed by atoms with E-state index in [1.165, 1.54) is 18.2 Å². The summed E-state index contributed by atoms with van der Waals surface area (Å²) in [6.07, 6.45) is 0. The van der Waals surface area contributed by atoms with Crippen LogP contribution in [0.2, 0.25) is 5.02 Å². The molecule has 1 atom stereocenters. The van der Waals surface area contributed by atoms with Gasteiger partial charge in [-0.15, -0.1) is 0 Å². The minimum absolute atomic E-state index is 0.0259. The molecule has 0 saturated heterocycles. The molecule has 2 rings (SSSR count). The lowest BCUT2D eigenvalue weighted by atomic mass is 10.1. The highest BCUT2D eigenvalue weighted by atomic mass is 35.5. The smallest absolute Gasteiger partial charge is 0.337 e. The number of carbonyl (C=O) groups is 2. The van der Waals surface area contributed by atoms with Crippen LogP contribution in [0.15, 0.2) is 48.5 Å². The topological polar surface area (TPSA) is 92.4 Å². The molecule has 0 aromatic heterocycles. The van der Waals surface area contributed by atoms with E-state index in [0.29, 0.717) is 11.3 Å². The molecule has 108 valence electrons. The summed E-state index contributed by atoms with van der Waals surface area (Å²) in [6.45, 7) is 0. The minimum Gasteiger partial charge on any atom is -0.478 e. The molecule has 0 radical (unpaired) electrons. The van der Waals surface area contributed by atoms with Gasteiger partial charge in [-0.05, 0) is 23.8 Å². The fraction of sp³-hybridized carbons (Fsp3) is 0.0667. The van der Waals surface area contributed by atoms with Gasteiger partial charge in [0.2, 0.25) is 5.91 Å². The van der Waals surface area contributed by atoms with E-state index in [-0.39, 0.29) is 10.6 Å². The van der Waals surface area contributed by atoms with Crippen LogP contribution in [0, 0.1) is 0 Å². The Bertz CT molecular complexity index is 674. The number of nitrogens with two attached hydrogens (primary N) is 1. The molecule has 0 aliphatic heterocycles. The molecular formula is C15H13ClN2O3. The van der Waals surface area contributed by atoms with Gasteiger partial charge in [0.15, 0.2) is 0 Å². The predicted octanol–water partition coefficient (Wildman–Crippen LogP) is 2.68. The number of nitrogens with one attached hydrogen (secondary N) is 1. The summed E-state index contributed by atoms with van der Waals surface area (Å²) in [7, 11) is 0. The summed E-state index contributed by atoms with van der Waals surface area (Å²) in [5, 5.41) is 11.5. The lowest BCUT2D eigenvalue weighted by Gasteiger charge is -2.13. The first-order valence-corrected chi connectivity index (χ1v) is 6.51. The Kier molecular flexibility index (Phi) is 4.57. The number of anilines is 1. The number of carbonyl (C=O) groups excluding carboxylic acids is 1. The first kappa shape index (κ1) is 15.0. The Morgan fingerprint density at radius 2 is 1.81 bits per heavy atom. The summed E-state index contributed by atoms with van der Waals surface area (Å²) < 4.78 is 0. The zero-order valence-electron chi connectivity index (χ0n) is 10.9. The van der Waals surface area contributed by atoms with E-state index >= 15 is 0 Å². The molecule has 0 aliphatic carbocycles. The van der Waals surface area contributed by atoms with Crippen LogP contribution < -0.4 is 11.1 Å². The van der Waals surface area contributed by atoms with Gasteiger partial charge in [-0.25, -0.2) is 4.79 Å². The fourth-order valence-electron chi connectivity index (χ4n) is 1.80. The van der Waals surface area contributed by atoms with E-state index in [1.54, 1.807) is 24.3 Å². The van der Waals surface area contributed by atoms with Crippen molar-refractivity contribution in [3.63, 3.8) is 0 Å². The van der Waals surface area contributed by atoms with Crippen LogP contribution in [0.3, 0.4) is 0 Å². The third-order valence-corrected chi connectivity index (χ3v) is 3.22. The number of amides is 1. The fourth-order valence-corrected chi connectivity index (χ4v) is 2.06. The Hall–Kier alpha value is -2.37. The van der Waals surface area contributed by atoms with Crippen molar-refractivity contribution in [3.05, 3.63) is 64.7 Å². The second-order valence-electron chi connectivity index (χ2n) is 4.38. The van der Waals surface area contributed by atoms with Gasteiger partial charge in [0.25, 0.3) is 0 Å². The van der Waals surface area contributed by atoms with Gasteiger partial charge < -0.3 is 16.2 Å². The SMILES string of the molecule is NC(C(=O)Nc1ccc(C(=O)O)c(Cl)c1)c1ccccc1. The molecule has 4 N–H and O–H groups in total. The highest BCUT2D eigenvalue weighted by Gasteiger charge is 2.16. The normalized spacial score (nSPS) is 11.7. The van der Waals surface area contributed by atoms with Crippen LogP contribution in [0.4, 0.5) is 5.69 Å². The second-order valence-corrected chi connectivity index (χ2v) is 4.78. The Balaban J connectivity index is 2.13. The van der Waals surface area contributed by atoms with Crippen molar-refractivity contribution < 1.29 is 14.7 Å². The van der Waals surface area contributed by atoms with E-state index in [0.717, 1.165) is 0 Å². The first-order chi connectivity index (χ1) is 9.99. The number of hydrogen-bond acceptors (Lipinski definition) is 3. The number of carboxylic acids is 1. The van der Waals surface area contributed by atoms with Crippen molar-refractivity contribution in [3.8, 4) is 0 Å². The molecule has 0 bridgehead atoms. The second kappa shape index (κ2) is 6.39. The van der Waals surface area contributed by atoms with Crippen LogP contribution in [0.25, 0.3) is 0 Å². The monoisotopic (exact) mass is 304 g/mol. The van der Waals surface area contributed by atoms with Gasteiger partial charge >= 0.3 is 5.97 Å². The summed E-state index contributed by atoms with van der Waals surface area (Å²) in [4.78, 5) is 22.9. The predicted molar refractivity (Wildman–Crippen MR) is 80.4 cm³/mol. The van der Waals surface area contributed by atoms with Crippen LogP contribution in [0.1, 0.15) is 22.0 Å². The molecule has 0 spiro atoms. The van der Waals surface area contributed by atoms with E-state index < -0.39 is 17.9 Å². The molecule has 2 aromatic rings. The van der Waals surface area contributed by atoms with Crippen molar-refractivity contribution in [2.45, 2.75) is 6.04 Å². The summed E-state index contributed by atoms with van der Waals surface area (Å²) in [5.74, 6) is -1.53. The van der Waals surface area contributed by atoms with Gasteiger partial charge in [0.05, 0.1) is 10.6 Å². The highest BCUT2D eigenvalue weighted by Crippen LogP contribution is 2.22. The lowest BCUT2D eigenvalue weighted by molar-refractivity contribution is -0.117. The van der Waals surface area contributed by atoms with Crippen LogP contribution in [0.5, 0.6) is 0 Å². The lowest BCUT2D eigenvalue weighted by Crippen LogP contribution is -2.27. The van der Waals surface area contributed by atoms with E-state index in [4.69, 9.17) is 22.4 Å². The summed E-state index contributed by atoms with van der Waals surface area (Å²) in [5.41, 5.74) is 6.91. The maximum absolute atomic E-state index is 12.0. The number of benzene rings is 2. The first-order valence-electron chi connectivity index (χ1n) is 6.13. The van der Waals surface area contributed by atoms with Gasteiger partial charge in [0.1, 0.15) is 6.04 Å². The molecule has 2 aromatic carbocycles. The molecule has 0 fully saturated rings. The molecule has 1 amide bonds. The molecule has 0 heterocycles. The molecule has 5 nitrogen and oxygen atoms in total. The van der Waals surface area contributed by atoms with Crippen molar-refractivity contribution in [1.82, 2.24) is 0 Å². The van der Waals surface area contributed by atoms with E-state index in [9.17, 15) is 9.59 Å². The molecule has 0 saturated carbocycles. The van der Waals surface area contributed by atoms with Crippen LogP contribution >= 0.6 is 11.6 Å². The third-order valence-electron chi connectivity index (χ3n) is 2.91. The maximum Gasteiger partial charge on any atom is 0.337 e. The van der Waals surface area contributed by atoms with E-state index in [1.807, 2.05) is 6.07 Å². The van der Waals surface area contributed by atoms with Gasteiger partial charge in [-0.3, -0.25) is 4.79 Å². The van der Waals surface area contributed by atoms with Gasteiger partial charge in [-0.1, -0.05) is 41.9 Å². The Morgan fingerprint density at radius 1 is 1.14 bits per heavy atom. The molecule has 0 aliphatic rings.